The lowest BCUT2D eigenvalue weighted by Gasteiger charge is -2.17. The fourth-order valence-electron chi connectivity index (χ4n) is 2.83. The van der Waals surface area contributed by atoms with Crippen molar-refractivity contribution < 1.29 is 8.91 Å². The predicted octanol–water partition coefficient (Wildman–Crippen LogP) is 3.53. The van der Waals surface area contributed by atoms with E-state index in [0.29, 0.717) is 12.1 Å². The van der Waals surface area contributed by atoms with Gasteiger partial charge in [0.1, 0.15) is 11.5 Å². The lowest BCUT2D eigenvalue weighted by atomic mass is 10.2. The van der Waals surface area contributed by atoms with Crippen LogP contribution in [0.2, 0.25) is 0 Å². The number of hydrogen-bond donors (Lipinski definition) is 0. The van der Waals surface area contributed by atoms with Crippen LogP contribution in [0.1, 0.15) is 11.3 Å². The quantitative estimate of drug-likeness (QED) is 0.712. The summed E-state index contributed by atoms with van der Waals surface area (Å²) in [7, 11) is 0. The normalized spacial score (nSPS) is 13.9. The van der Waals surface area contributed by atoms with Gasteiger partial charge in [0.25, 0.3) is 0 Å². The van der Waals surface area contributed by atoms with Gasteiger partial charge in [0.2, 0.25) is 0 Å². The minimum absolute atomic E-state index is 0.260. The Balaban J connectivity index is 1.70. The lowest BCUT2D eigenvalue weighted by Crippen LogP contribution is -2.19. The van der Waals surface area contributed by atoms with Gasteiger partial charge in [-0.1, -0.05) is 23.4 Å². The van der Waals surface area contributed by atoms with E-state index in [2.05, 4.69) is 28.3 Å². The first-order valence-electron chi connectivity index (χ1n) is 6.68. The molecule has 100 valence electrons. The third-order valence-electron chi connectivity index (χ3n) is 3.83. The van der Waals surface area contributed by atoms with E-state index in [1.54, 1.807) is 6.07 Å². The molecule has 1 aliphatic heterocycles. The van der Waals surface area contributed by atoms with Crippen LogP contribution in [0.15, 0.2) is 47.0 Å². The molecule has 0 bridgehead atoms. The van der Waals surface area contributed by atoms with Gasteiger partial charge in [0.05, 0.1) is 6.54 Å². The molecule has 0 saturated heterocycles. The van der Waals surface area contributed by atoms with Gasteiger partial charge in [0, 0.05) is 17.6 Å². The molecule has 0 N–H and O–H groups in total. The highest BCUT2D eigenvalue weighted by atomic mass is 19.1. The molecular formula is C16H13FN2O. The molecule has 0 fully saturated rings. The molecule has 0 amide bonds. The Kier molecular flexibility index (Phi) is 2.49. The Hall–Kier alpha value is -2.36. The van der Waals surface area contributed by atoms with Crippen molar-refractivity contribution in [2.45, 2.75) is 13.0 Å². The van der Waals surface area contributed by atoms with Crippen LogP contribution in [0, 0.1) is 5.82 Å². The van der Waals surface area contributed by atoms with Crippen LogP contribution < -0.4 is 4.90 Å². The number of rotatable bonds is 2. The molecule has 0 radical (unpaired) electrons. The minimum atomic E-state index is -0.260. The molecule has 0 saturated carbocycles. The van der Waals surface area contributed by atoms with Gasteiger partial charge >= 0.3 is 0 Å². The molecule has 4 heteroatoms. The fourth-order valence-corrected chi connectivity index (χ4v) is 2.83. The monoisotopic (exact) mass is 268 g/mol. The number of fused-ring (bicyclic) bond motifs is 2. The summed E-state index contributed by atoms with van der Waals surface area (Å²) in [4.78, 5) is 2.26. The van der Waals surface area contributed by atoms with E-state index in [0.717, 1.165) is 24.0 Å². The van der Waals surface area contributed by atoms with Crippen LogP contribution in [-0.2, 0) is 13.0 Å². The maximum atomic E-state index is 13.4. The number of para-hydroxylation sites is 1. The van der Waals surface area contributed by atoms with Gasteiger partial charge < -0.3 is 9.42 Å². The van der Waals surface area contributed by atoms with E-state index in [1.807, 2.05) is 6.07 Å². The highest BCUT2D eigenvalue weighted by molar-refractivity contribution is 5.79. The summed E-state index contributed by atoms with van der Waals surface area (Å²) in [5, 5.41) is 4.85. The van der Waals surface area contributed by atoms with Crippen molar-refractivity contribution >= 4 is 16.7 Å². The average Bonchev–Trinajstić information content (AvgIpc) is 3.05. The molecule has 4 rings (SSSR count). The predicted molar refractivity (Wildman–Crippen MR) is 75.2 cm³/mol. The van der Waals surface area contributed by atoms with Crippen LogP contribution in [0.25, 0.3) is 11.0 Å². The molecule has 1 aliphatic rings. The Bertz CT molecular complexity index is 781. The smallest absolute Gasteiger partial charge is 0.167 e. The van der Waals surface area contributed by atoms with Gasteiger partial charge in [-0.05, 0) is 36.2 Å². The summed E-state index contributed by atoms with van der Waals surface area (Å²) < 4.78 is 18.6. The zero-order valence-electron chi connectivity index (χ0n) is 10.8. The summed E-state index contributed by atoms with van der Waals surface area (Å²) in [5.41, 5.74) is 4.01. The summed E-state index contributed by atoms with van der Waals surface area (Å²) >= 11 is 0. The maximum Gasteiger partial charge on any atom is 0.167 e. The van der Waals surface area contributed by atoms with E-state index in [-0.39, 0.29) is 5.82 Å². The Morgan fingerprint density at radius 1 is 1.20 bits per heavy atom. The van der Waals surface area contributed by atoms with Crippen LogP contribution >= 0.6 is 0 Å². The maximum absolute atomic E-state index is 13.4. The standard InChI is InChI=1S/C16H13FN2O/c17-12-5-6-16-13(9-12)14(18-20-16)10-19-8-7-11-3-1-2-4-15(11)19/h1-6,9H,7-8,10H2. The van der Waals surface area contributed by atoms with Gasteiger partial charge in [0.15, 0.2) is 5.58 Å². The van der Waals surface area contributed by atoms with Crippen molar-refractivity contribution in [3.8, 4) is 0 Å². The summed E-state index contributed by atoms with van der Waals surface area (Å²) in [6.45, 7) is 1.61. The minimum Gasteiger partial charge on any atom is -0.365 e. The number of halogens is 1. The van der Waals surface area contributed by atoms with Crippen molar-refractivity contribution in [3.05, 3.63) is 59.5 Å². The molecule has 2 heterocycles. The van der Waals surface area contributed by atoms with Crippen molar-refractivity contribution in [2.75, 3.05) is 11.4 Å². The highest BCUT2D eigenvalue weighted by Crippen LogP contribution is 2.30. The van der Waals surface area contributed by atoms with Crippen LogP contribution in [0.3, 0.4) is 0 Å². The highest BCUT2D eigenvalue weighted by Gasteiger charge is 2.20. The van der Waals surface area contributed by atoms with Crippen LogP contribution in [0.4, 0.5) is 10.1 Å². The van der Waals surface area contributed by atoms with Crippen LogP contribution in [-0.4, -0.2) is 11.7 Å². The molecule has 0 spiro atoms. The first-order valence-corrected chi connectivity index (χ1v) is 6.68. The number of benzene rings is 2. The number of anilines is 1. The van der Waals surface area contributed by atoms with Crippen LogP contribution in [0.5, 0.6) is 0 Å². The zero-order chi connectivity index (χ0) is 13.5. The van der Waals surface area contributed by atoms with Gasteiger partial charge in [-0.3, -0.25) is 0 Å². The zero-order valence-corrected chi connectivity index (χ0v) is 10.8. The molecular weight excluding hydrogens is 255 g/mol. The van der Waals surface area contributed by atoms with E-state index in [1.165, 1.54) is 23.4 Å². The second kappa shape index (κ2) is 4.34. The molecule has 1 aromatic heterocycles. The number of nitrogens with zero attached hydrogens (tertiary/aromatic N) is 2. The summed E-state index contributed by atoms with van der Waals surface area (Å²) in [6.07, 6.45) is 1.04. The summed E-state index contributed by atoms with van der Waals surface area (Å²) in [5.74, 6) is -0.260. The second-order valence-corrected chi connectivity index (χ2v) is 5.07. The molecule has 3 aromatic rings. The molecule has 3 nitrogen and oxygen atoms in total. The van der Waals surface area contributed by atoms with E-state index < -0.39 is 0 Å². The average molecular weight is 268 g/mol. The topological polar surface area (TPSA) is 29.3 Å². The molecule has 20 heavy (non-hydrogen) atoms. The van der Waals surface area contributed by atoms with Gasteiger partial charge in [-0.15, -0.1) is 0 Å². The van der Waals surface area contributed by atoms with Crippen molar-refractivity contribution in [1.29, 1.82) is 0 Å². The van der Waals surface area contributed by atoms with Gasteiger partial charge in [-0.2, -0.15) is 0 Å². The molecule has 0 unspecified atom stereocenters. The van der Waals surface area contributed by atoms with Crippen molar-refractivity contribution in [1.82, 2.24) is 5.16 Å². The molecule has 2 aromatic carbocycles. The Labute approximate surface area is 115 Å². The Morgan fingerprint density at radius 2 is 2.10 bits per heavy atom. The van der Waals surface area contributed by atoms with E-state index in [9.17, 15) is 4.39 Å². The third kappa shape index (κ3) is 1.76. The fraction of sp³-hybridized carbons (Fsp3) is 0.188. The van der Waals surface area contributed by atoms with E-state index in [4.69, 9.17) is 4.52 Å². The lowest BCUT2D eigenvalue weighted by molar-refractivity contribution is 0.445. The van der Waals surface area contributed by atoms with E-state index >= 15 is 0 Å². The van der Waals surface area contributed by atoms with Gasteiger partial charge in [-0.25, -0.2) is 4.39 Å². The second-order valence-electron chi connectivity index (χ2n) is 5.07. The SMILES string of the molecule is Fc1ccc2onc(CN3CCc4ccccc43)c2c1. The number of aromatic nitrogens is 1. The first-order chi connectivity index (χ1) is 9.81. The van der Waals surface area contributed by atoms with Crippen molar-refractivity contribution in [2.24, 2.45) is 0 Å². The summed E-state index contributed by atoms with van der Waals surface area (Å²) in [6, 6.07) is 12.9. The third-order valence-corrected chi connectivity index (χ3v) is 3.83. The largest absolute Gasteiger partial charge is 0.365 e. The Morgan fingerprint density at radius 3 is 3.05 bits per heavy atom. The molecule has 0 atom stereocenters. The number of hydrogen-bond acceptors (Lipinski definition) is 3. The molecule has 0 aliphatic carbocycles. The first kappa shape index (κ1) is 11.5. The van der Waals surface area contributed by atoms with Crippen molar-refractivity contribution in [3.63, 3.8) is 0 Å².